The molecule has 0 aliphatic carbocycles. The number of benzene rings is 1. The number of ether oxygens (including phenoxy) is 1. The Morgan fingerprint density at radius 3 is 2.62 bits per heavy atom. The van der Waals surface area contributed by atoms with Gasteiger partial charge in [0.2, 0.25) is 5.91 Å². The number of phenols is 1. The van der Waals surface area contributed by atoms with Crippen molar-refractivity contribution in [2.45, 2.75) is 32.9 Å². The van der Waals surface area contributed by atoms with Crippen molar-refractivity contribution < 1.29 is 14.6 Å². The van der Waals surface area contributed by atoms with Crippen LogP contribution in [0.25, 0.3) is 0 Å². The molecular formula is C16H24N2O3. The molecule has 1 aromatic carbocycles. The Hall–Kier alpha value is -1.75. The molecule has 1 aliphatic rings. The fraction of sp³-hybridized carbons (Fsp3) is 0.562. The molecule has 0 unspecified atom stereocenters. The molecule has 5 heteroatoms. The van der Waals surface area contributed by atoms with Gasteiger partial charge in [0.05, 0.1) is 7.11 Å². The van der Waals surface area contributed by atoms with Crippen LogP contribution in [0.3, 0.4) is 0 Å². The quantitative estimate of drug-likeness (QED) is 0.923. The van der Waals surface area contributed by atoms with Crippen LogP contribution in [0.1, 0.15) is 26.3 Å². The Labute approximate surface area is 126 Å². The Kier molecular flexibility index (Phi) is 4.42. The molecule has 116 valence electrons. The van der Waals surface area contributed by atoms with Crippen LogP contribution in [-0.2, 0) is 11.3 Å². The van der Waals surface area contributed by atoms with Gasteiger partial charge in [0, 0.05) is 38.6 Å². The minimum atomic E-state index is -0.0839. The molecule has 0 bridgehead atoms. The summed E-state index contributed by atoms with van der Waals surface area (Å²) in [6.07, 6.45) is 0. The van der Waals surface area contributed by atoms with Crippen LogP contribution < -0.4 is 4.74 Å². The van der Waals surface area contributed by atoms with Crippen molar-refractivity contribution in [3.63, 3.8) is 0 Å². The van der Waals surface area contributed by atoms with E-state index in [4.69, 9.17) is 4.74 Å². The van der Waals surface area contributed by atoms with E-state index >= 15 is 0 Å². The summed E-state index contributed by atoms with van der Waals surface area (Å²) in [5.41, 5.74) is 0.956. The number of methoxy groups -OCH3 is 1. The van der Waals surface area contributed by atoms with Crippen molar-refractivity contribution >= 4 is 5.91 Å². The Morgan fingerprint density at radius 1 is 1.38 bits per heavy atom. The number of aromatic hydroxyl groups is 1. The number of amides is 1. The fourth-order valence-corrected chi connectivity index (χ4v) is 2.81. The lowest BCUT2D eigenvalue weighted by Crippen LogP contribution is -2.59. The fourth-order valence-electron chi connectivity index (χ4n) is 2.81. The zero-order chi connectivity index (χ0) is 15.6. The summed E-state index contributed by atoms with van der Waals surface area (Å²) in [4.78, 5) is 15.8. The second-order valence-corrected chi connectivity index (χ2v) is 6.18. The minimum absolute atomic E-state index is 0.0839. The lowest BCUT2D eigenvalue weighted by Gasteiger charge is -2.47. The molecule has 1 aliphatic heterocycles. The number of carbonyl (C=O) groups excluding carboxylic acids is 1. The predicted octanol–water partition coefficient (Wildman–Crippen LogP) is 1.84. The van der Waals surface area contributed by atoms with Crippen LogP contribution in [0.2, 0.25) is 0 Å². The summed E-state index contributed by atoms with van der Waals surface area (Å²) in [5.74, 6) is 0.777. The summed E-state index contributed by atoms with van der Waals surface area (Å²) in [6, 6.07) is 5.49. The third kappa shape index (κ3) is 3.47. The monoisotopic (exact) mass is 292 g/mol. The molecule has 1 amide bonds. The van der Waals surface area contributed by atoms with Crippen LogP contribution in [0, 0.1) is 0 Å². The number of hydrogen-bond acceptors (Lipinski definition) is 4. The van der Waals surface area contributed by atoms with Gasteiger partial charge in [-0.25, -0.2) is 0 Å². The number of phenolic OH excluding ortho intramolecular Hbond substituents is 1. The van der Waals surface area contributed by atoms with Gasteiger partial charge in [-0.15, -0.1) is 0 Å². The summed E-state index contributed by atoms with van der Waals surface area (Å²) < 4.78 is 5.06. The summed E-state index contributed by atoms with van der Waals surface area (Å²) in [6.45, 7) is 8.96. The first kappa shape index (κ1) is 15.6. The molecule has 1 N–H and O–H groups in total. The number of carbonyl (C=O) groups is 1. The maximum atomic E-state index is 11.5. The number of nitrogens with zero attached hydrogens (tertiary/aromatic N) is 2. The van der Waals surface area contributed by atoms with Gasteiger partial charge in [-0.3, -0.25) is 9.69 Å². The van der Waals surface area contributed by atoms with E-state index in [0.29, 0.717) is 5.75 Å². The van der Waals surface area contributed by atoms with Gasteiger partial charge in [0.1, 0.15) is 0 Å². The van der Waals surface area contributed by atoms with E-state index in [0.717, 1.165) is 31.7 Å². The molecule has 1 heterocycles. The van der Waals surface area contributed by atoms with Crippen molar-refractivity contribution in [2.75, 3.05) is 26.7 Å². The van der Waals surface area contributed by atoms with E-state index in [1.807, 2.05) is 11.0 Å². The lowest BCUT2D eigenvalue weighted by molar-refractivity contribution is -0.134. The van der Waals surface area contributed by atoms with E-state index in [9.17, 15) is 9.90 Å². The maximum Gasteiger partial charge on any atom is 0.219 e. The number of piperazine rings is 1. The molecule has 1 fully saturated rings. The largest absolute Gasteiger partial charge is 0.504 e. The SMILES string of the molecule is COc1ccc(CN2CCN(C(C)=O)CC2(C)C)cc1O. The van der Waals surface area contributed by atoms with Gasteiger partial charge in [-0.1, -0.05) is 6.07 Å². The Morgan fingerprint density at radius 2 is 2.10 bits per heavy atom. The molecule has 0 atom stereocenters. The topological polar surface area (TPSA) is 53.0 Å². The van der Waals surface area contributed by atoms with Gasteiger partial charge in [0.15, 0.2) is 11.5 Å². The Bertz CT molecular complexity index is 528. The van der Waals surface area contributed by atoms with Gasteiger partial charge in [-0.05, 0) is 31.5 Å². The molecule has 2 rings (SSSR count). The highest BCUT2D eigenvalue weighted by Crippen LogP contribution is 2.29. The highest BCUT2D eigenvalue weighted by Gasteiger charge is 2.34. The zero-order valence-electron chi connectivity index (χ0n) is 13.2. The standard InChI is InChI=1S/C16H24N2O3/c1-12(19)17-7-8-18(16(2,3)11-17)10-13-5-6-15(21-4)14(20)9-13/h5-6,9,20H,7-8,10-11H2,1-4H3. The summed E-state index contributed by atoms with van der Waals surface area (Å²) in [5, 5.41) is 9.87. The molecule has 0 spiro atoms. The lowest BCUT2D eigenvalue weighted by atomic mass is 9.97. The first-order valence-corrected chi connectivity index (χ1v) is 7.20. The summed E-state index contributed by atoms with van der Waals surface area (Å²) in [7, 11) is 1.54. The molecule has 0 aromatic heterocycles. The van der Waals surface area contributed by atoms with Gasteiger partial charge in [0.25, 0.3) is 0 Å². The first-order chi connectivity index (χ1) is 9.83. The smallest absolute Gasteiger partial charge is 0.219 e. The number of hydrogen-bond donors (Lipinski definition) is 1. The van der Waals surface area contributed by atoms with Gasteiger partial charge >= 0.3 is 0 Å². The second-order valence-electron chi connectivity index (χ2n) is 6.18. The first-order valence-electron chi connectivity index (χ1n) is 7.20. The zero-order valence-corrected chi connectivity index (χ0v) is 13.2. The average molecular weight is 292 g/mol. The molecule has 1 saturated heterocycles. The van der Waals surface area contributed by atoms with Crippen molar-refractivity contribution in [3.8, 4) is 11.5 Å². The molecule has 0 radical (unpaired) electrons. The third-order valence-electron chi connectivity index (χ3n) is 4.14. The van der Waals surface area contributed by atoms with Crippen LogP contribution in [0.15, 0.2) is 18.2 Å². The van der Waals surface area contributed by atoms with E-state index in [1.165, 1.54) is 0 Å². The van der Waals surface area contributed by atoms with Crippen molar-refractivity contribution in [3.05, 3.63) is 23.8 Å². The highest BCUT2D eigenvalue weighted by atomic mass is 16.5. The summed E-state index contributed by atoms with van der Waals surface area (Å²) >= 11 is 0. The molecule has 0 saturated carbocycles. The average Bonchev–Trinajstić information content (AvgIpc) is 2.40. The van der Waals surface area contributed by atoms with Crippen LogP contribution in [0.4, 0.5) is 0 Å². The van der Waals surface area contributed by atoms with E-state index in [2.05, 4.69) is 18.7 Å². The molecule has 5 nitrogen and oxygen atoms in total. The minimum Gasteiger partial charge on any atom is -0.504 e. The number of rotatable bonds is 3. The van der Waals surface area contributed by atoms with Crippen molar-refractivity contribution in [1.82, 2.24) is 9.80 Å². The predicted molar refractivity (Wildman–Crippen MR) is 81.4 cm³/mol. The van der Waals surface area contributed by atoms with Crippen molar-refractivity contribution in [1.29, 1.82) is 0 Å². The molecule has 21 heavy (non-hydrogen) atoms. The van der Waals surface area contributed by atoms with Crippen LogP contribution >= 0.6 is 0 Å². The molecule has 1 aromatic rings. The second kappa shape index (κ2) is 5.93. The van der Waals surface area contributed by atoms with Crippen LogP contribution in [0.5, 0.6) is 11.5 Å². The Balaban J connectivity index is 2.09. The van der Waals surface area contributed by atoms with Crippen LogP contribution in [-0.4, -0.2) is 53.1 Å². The van der Waals surface area contributed by atoms with E-state index < -0.39 is 0 Å². The third-order valence-corrected chi connectivity index (χ3v) is 4.14. The maximum absolute atomic E-state index is 11.5. The van der Waals surface area contributed by atoms with Crippen molar-refractivity contribution in [2.24, 2.45) is 0 Å². The molecular weight excluding hydrogens is 268 g/mol. The van der Waals surface area contributed by atoms with Gasteiger partial charge in [-0.2, -0.15) is 0 Å². The van der Waals surface area contributed by atoms with Gasteiger partial charge < -0.3 is 14.7 Å². The highest BCUT2D eigenvalue weighted by molar-refractivity contribution is 5.73. The normalized spacial score (nSPS) is 18.6. The van der Waals surface area contributed by atoms with E-state index in [-0.39, 0.29) is 17.2 Å². The van der Waals surface area contributed by atoms with E-state index in [1.54, 1.807) is 26.2 Å².